The van der Waals surface area contributed by atoms with Crippen LogP contribution in [0.15, 0.2) is 48.5 Å². The van der Waals surface area contributed by atoms with Gasteiger partial charge in [0.2, 0.25) is 0 Å². The molecule has 4 nitrogen and oxygen atoms in total. The molecule has 0 atom stereocenters. The van der Waals surface area contributed by atoms with E-state index in [-0.39, 0.29) is 28.6 Å². The van der Waals surface area contributed by atoms with Crippen molar-refractivity contribution in [2.24, 2.45) is 11.8 Å². The number of hydrogen-bond acceptors (Lipinski definition) is 4. The number of nitrogens with zero attached hydrogens (tertiary/aromatic N) is 1. The van der Waals surface area contributed by atoms with Gasteiger partial charge < -0.3 is 0 Å². The molecule has 3 aromatic rings. The van der Waals surface area contributed by atoms with Crippen LogP contribution in [-0.4, -0.2) is 30.2 Å². The molecule has 0 aliphatic heterocycles. The number of pyridine rings is 1. The second-order valence-corrected chi connectivity index (χ2v) is 11.5. The highest BCUT2D eigenvalue weighted by Gasteiger charge is 2.30. The van der Waals surface area contributed by atoms with Gasteiger partial charge in [-0.05, 0) is 63.1 Å². The van der Waals surface area contributed by atoms with E-state index in [1.807, 2.05) is 48.5 Å². The van der Waals surface area contributed by atoms with Gasteiger partial charge in [0.15, 0.2) is 9.84 Å². The van der Waals surface area contributed by atoms with Gasteiger partial charge in [0.05, 0.1) is 22.0 Å². The van der Waals surface area contributed by atoms with Gasteiger partial charge >= 0.3 is 0 Å². The summed E-state index contributed by atoms with van der Waals surface area (Å²) in [5.41, 5.74) is 2.90. The Labute approximate surface area is 178 Å². The number of para-hydroxylation sites is 2. The molecule has 0 saturated heterocycles. The van der Waals surface area contributed by atoms with Crippen molar-refractivity contribution in [1.82, 2.24) is 4.98 Å². The Hall–Kier alpha value is -2.27. The van der Waals surface area contributed by atoms with Crippen molar-refractivity contribution in [3.8, 4) is 0 Å². The van der Waals surface area contributed by atoms with Crippen molar-refractivity contribution in [3.63, 3.8) is 0 Å². The topological polar surface area (TPSA) is 64.1 Å². The fourth-order valence-corrected chi connectivity index (χ4v) is 5.98. The van der Waals surface area contributed by atoms with Crippen LogP contribution in [0.5, 0.6) is 0 Å². The normalized spacial score (nSPS) is 20.1. The van der Waals surface area contributed by atoms with Crippen LogP contribution in [0.4, 0.5) is 0 Å². The number of hydrogen-bond donors (Lipinski definition) is 0. The molecule has 158 valence electrons. The fourth-order valence-electron chi connectivity index (χ4n) is 4.61. The monoisotopic (exact) mass is 423 g/mol. The zero-order valence-electron chi connectivity index (χ0n) is 17.7. The second kappa shape index (κ2) is 8.46. The Balaban J connectivity index is 1.52. The maximum atomic E-state index is 13.2. The molecule has 1 aromatic heterocycles. The Morgan fingerprint density at radius 2 is 1.47 bits per heavy atom. The number of Topliss-reactive ketones (excluding diaryl/α,β-unsaturated/α-hetero) is 1. The zero-order valence-corrected chi connectivity index (χ0v) is 18.5. The number of ketones is 1. The van der Waals surface area contributed by atoms with Crippen LogP contribution in [0, 0.1) is 11.8 Å². The second-order valence-electron chi connectivity index (χ2n) is 8.86. The first-order chi connectivity index (χ1) is 14.3. The molecule has 0 unspecified atom stereocenters. The van der Waals surface area contributed by atoms with Crippen molar-refractivity contribution in [1.29, 1.82) is 0 Å². The quantitative estimate of drug-likeness (QED) is 0.516. The number of carbonyl (C=O) groups is 1. The summed E-state index contributed by atoms with van der Waals surface area (Å²) in [6.45, 7) is 3.49. The molecule has 0 spiro atoms. The Kier molecular flexibility index (Phi) is 5.92. The number of rotatable bonds is 6. The highest BCUT2D eigenvalue weighted by Crippen LogP contribution is 2.33. The third kappa shape index (κ3) is 4.27. The summed E-state index contributed by atoms with van der Waals surface area (Å²) in [6, 6.07) is 16.0. The molecule has 0 N–H and O–H groups in total. The highest BCUT2D eigenvalue weighted by molar-refractivity contribution is 7.91. The number of benzene rings is 2. The summed E-state index contributed by atoms with van der Waals surface area (Å²) in [5, 5.41) is 1.76. The van der Waals surface area contributed by atoms with E-state index in [1.165, 1.54) is 0 Å². The Morgan fingerprint density at radius 1 is 0.933 bits per heavy atom. The first kappa shape index (κ1) is 21.0. The van der Waals surface area contributed by atoms with Gasteiger partial charge in [0, 0.05) is 23.1 Å². The van der Waals surface area contributed by atoms with E-state index in [0.717, 1.165) is 53.1 Å². The molecule has 1 fully saturated rings. The average molecular weight is 424 g/mol. The number of aromatic nitrogens is 1. The van der Waals surface area contributed by atoms with Crippen molar-refractivity contribution in [2.75, 3.05) is 5.75 Å². The van der Waals surface area contributed by atoms with Crippen molar-refractivity contribution in [3.05, 3.63) is 54.1 Å². The van der Waals surface area contributed by atoms with E-state index in [0.29, 0.717) is 6.42 Å². The minimum Gasteiger partial charge on any atom is -0.299 e. The molecule has 0 amide bonds. The predicted molar refractivity (Wildman–Crippen MR) is 122 cm³/mol. The number of carbonyl (C=O) groups excluding carboxylic acids is 1. The van der Waals surface area contributed by atoms with Gasteiger partial charge in [-0.25, -0.2) is 13.4 Å². The molecule has 5 heteroatoms. The van der Waals surface area contributed by atoms with E-state index in [4.69, 9.17) is 4.98 Å². The van der Waals surface area contributed by atoms with Crippen LogP contribution >= 0.6 is 0 Å². The first-order valence-electron chi connectivity index (χ1n) is 10.9. The van der Waals surface area contributed by atoms with Crippen LogP contribution in [0.25, 0.3) is 21.8 Å². The van der Waals surface area contributed by atoms with E-state index in [9.17, 15) is 13.2 Å². The van der Waals surface area contributed by atoms with Crippen LogP contribution in [0.2, 0.25) is 0 Å². The number of sulfone groups is 1. The van der Waals surface area contributed by atoms with Crippen molar-refractivity contribution >= 4 is 37.4 Å². The molecule has 30 heavy (non-hydrogen) atoms. The standard InChI is InChI=1S/C25H29NO3S/c1-17(2)30(28,29)16-18-11-13-19(14-12-18)25(27)15-22-20-7-3-5-9-23(20)26-24-10-6-4-8-21(22)24/h3-10,17-19H,11-16H2,1-2H3. The smallest absolute Gasteiger partial charge is 0.152 e. The van der Waals surface area contributed by atoms with Crippen LogP contribution in [0.1, 0.15) is 45.1 Å². The lowest BCUT2D eigenvalue weighted by Crippen LogP contribution is -2.29. The summed E-state index contributed by atoms with van der Waals surface area (Å²) in [7, 11) is -3.02. The number of fused-ring (bicyclic) bond motifs is 2. The maximum absolute atomic E-state index is 13.2. The summed E-state index contributed by atoms with van der Waals surface area (Å²) >= 11 is 0. The molecule has 0 bridgehead atoms. The summed E-state index contributed by atoms with van der Waals surface area (Å²) in [5.74, 6) is 0.727. The molecule has 2 aromatic carbocycles. The predicted octanol–water partition coefficient (Wildman–Crippen LogP) is 5.13. The van der Waals surface area contributed by atoms with E-state index < -0.39 is 9.84 Å². The largest absolute Gasteiger partial charge is 0.299 e. The van der Waals surface area contributed by atoms with Gasteiger partial charge in [-0.1, -0.05) is 36.4 Å². The van der Waals surface area contributed by atoms with Gasteiger partial charge in [-0.15, -0.1) is 0 Å². The minimum atomic E-state index is -3.02. The van der Waals surface area contributed by atoms with Crippen molar-refractivity contribution in [2.45, 2.75) is 51.2 Å². The van der Waals surface area contributed by atoms with Crippen LogP contribution in [-0.2, 0) is 21.1 Å². The fraction of sp³-hybridized carbons (Fsp3) is 0.440. The molecule has 0 radical (unpaired) electrons. The van der Waals surface area contributed by atoms with E-state index in [2.05, 4.69) is 0 Å². The first-order valence-corrected chi connectivity index (χ1v) is 12.6. The highest BCUT2D eigenvalue weighted by atomic mass is 32.2. The third-order valence-electron chi connectivity index (χ3n) is 6.54. The molecule has 1 aliphatic carbocycles. The lowest BCUT2D eigenvalue weighted by atomic mass is 9.79. The maximum Gasteiger partial charge on any atom is 0.152 e. The molecule has 4 rings (SSSR count). The van der Waals surface area contributed by atoms with Crippen molar-refractivity contribution < 1.29 is 13.2 Å². The molecule has 1 aliphatic rings. The van der Waals surface area contributed by atoms with E-state index in [1.54, 1.807) is 13.8 Å². The van der Waals surface area contributed by atoms with Crippen LogP contribution < -0.4 is 0 Å². The van der Waals surface area contributed by atoms with Gasteiger partial charge in [0.25, 0.3) is 0 Å². The molecular weight excluding hydrogens is 394 g/mol. The van der Waals surface area contributed by atoms with Gasteiger partial charge in [-0.2, -0.15) is 0 Å². The SMILES string of the molecule is CC(C)S(=O)(=O)CC1CCC(C(=O)Cc2c3ccccc3nc3ccccc23)CC1. The van der Waals surface area contributed by atoms with Crippen LogP contribution in [0.3, 0.4) is 0 Å². The van der Waals surface area contributed by atoms with Gasteiger partial charge in [-0.3, -0.25) is 4.79 Å². The summed E-state index contributed by atoms with van der Waals surface area (Å²) < 4.78 is 24.5. The minimum absolute atomic E-state index is 0.0219. The summed E-state index contributed by atoms with van der Waals surface area (Å²) in [6.07, 6.45) is 3.62. The lowest BCUT2D eigenvalue weighted by Gasteiger charge is -2.28. The van der Waals surface area contributed by atoms with Gasteiger partial charge in [0.1, 0.15) is 5.78 Å². The van der Waals surface area contributed by atoms with E-state index >= 15 is 0 Å². The molecule has 1 saturated carbocycles. The molecule has 1 heterocycles. The third-order valence-corrected chi connectivity index (χ3v) is 8.91. The summed E-state index contributed by atoms with van der Waals surface area (Å²) in [4.78, 5) is 18.0. The Bertz CT molecular complexity index is 1120. The Morgan fingerprint density at radius 3 is 2.00 bits per heavy atom. The zero-order chi connectivity index (χ0) is 21.3. The average Bonchev–Trinajstić information content (AvgIpc) is 2.73. The molecular formula is C25H29NO3S. The lowest BCUT2D eigenvalue weighted by molar-refractivity contribution is -0.123.